The number of nitrogens with zero attached hydrogens (tertiary/aromatic N) is 2. The minimum atomic E-state index is 0.135. The lowest BCUT2D eigenvalue weighted by molar-refractivity contribution is -0.0733. The number of aromatic nitrogens is 1. The SMILES string of the molecule is Cc1ncsc1CN1CCC2(CC1)OCC[C@H]2CCOCC1CCCC1. The third-order valence-electron chi connectivity index (χ3n) is 6.95. The maximum absolute atomic E-state index is 6.34. The van der Waals surface area contributed by atoms with Crippen molar-refractivity contribution in [2.24, 2.45) is 11.8 Å². The fraction of sp³-hybridized carbons (Fsp3) is 0.857. The lowest BCUT2D eigenvalue weighted by Crippen LogP contribution is -2.47. The Balaban J connectivity index is 1.22. The molecule has 3 aliphatic rings. The number of ether oxygens (including phenoxy) is 2. The number of hydrogen-bond acceptors (Lipinski definition) is 5. The molecule has 0 amide bonds. The van der Waals surface area contributed by atoms with Gasteiger partial charge >= 0.3 is 0 Å². The van der Waals surface area contributed by atoms with Gasteiger partial charge in [0, 0.05) is 44.3 Å². The highest BCUT2D eigenvalue weighted by Gasteiger charge is 2.45. The average Bonchev–Trinajstić information content (AvgIpc) is 3.38. The van der Waals surface area contributed by atoms with E-state index in [-0.39, 0.29) is 5.60 Å². The molecule has 0 N–H and O–H groups in total. The van der Waals surface area contributed by atoms with Crippen molar-refractivity contribution in [1.82, 2.24) is 9.88 Å². The number of aryl methyl sites for hydroxylation is 1. The molecule has 1 saturated carbocycles. The molecule has 1 aromatic rings. The molecule has 1 aliphatic carbocycles. The van der Waals surface area contributed by atoms with Crippen LogP contribution in [-0.4, -0.2) is 48.4 Å². The quantitative estimate of drug-likeness (QED) is 0.658. The van der Waals surface area contributed by atoms with Crippen LogP contribution in [0.25, 0.3) is 0 Å². The van der Waals surface area contributed by atoms with Gasteiger partial charge < -0.3 is 9.47 Å². The first-order valence-corrected chi connectivity index (χ1v) is 11.5. The molecule has 0 radical (unpaired) electrons. The van der Waals surface area contributed by atoms with Crippen molar-refractivity contribution in [2.45, 2.75) is 70.4 Å². The van der Waals surface area contributed by atoms with E-state index in [0.29, 0.717) is 5.92 Å². The smallest absolute Gasteiger partial charge is 0.0798 e. The summed E-state index contributed by atoms with van der Waals surface area (Å²) in [4.78, 5) is 8.39. The van der Waals surface area contributed by atoms with Gasteiger partial charge in [-0.3, -0.25) is 4.90 Å². The molecular formula is C21H34N2O2S. The lowest BCUT2D eigenvalue weighted by Gasteiger charge is -2.42. The van der Waals surface area contributed by atoms with E-state index < -0.39 is 0 Å². The highest BCUT2D eigenvalue weighted by Crippen LogP contribution is 2.42. The Bertz CT molecular complexity index is 562. The van der Waals surface area contributed by atoms with Crippen molar-refractivity contribution >= 4 is 11.3 Å². The Morgan fingerprint density at radius 1 is 1.27 bits per heavy atom. The third kappa shape index (κ3) is 4.32. The van der Waals surface area contributed by atoms with Gasteiger partial charge in [-0.1, -0.05) is 12.8 Å². The molecule has 1 aromatic heterocycles. The zero-order chi connectivity index (χ0) is 17.8. The van der Waals surface area contributed by atoms with Gasteiger partial charge in [0.25, 0.3) is 0 Å². The van der Waals surface area contributed by atoms with Crippen molar-refractivity contribution in [3.63, 3.8) is 0 Å². The Labute approximate surface area is 162 Å². The molecule has 0 unspecified atom stereocenters. The maximum atomic E-state index is 6.34. The second-order valence-electron chi connectivity index (χ2n) is 8.55. The van der Waals surface area contributed by atoms with Crippen LogP contribution in [0, 0.1) is 18.8 Å². The van der Waals surface area contributed by atoms with E-state index in [1.807, 2.05) is 5.51 Å². The van der Waals surface area contributed by atoms with E-state index in [4.69, 9.17) is 9.47 Å². The predicted octanol–water partition coefficient (Wildman–Crippen LogP) is 4.42. The monoisotopic (exact) mass is 378 g/mol. The van der Waals surface area contributed by atoms with Gasteiger partial charge in [0.05, 0.1) is 16.8 Å². The molecule has 0 bridgehead atoms. The summed E-state index contributed by atoms with van der Waals surface area (Å²) in [5, 5.41) is 0. The summed E-state index contributed by atoms with van der Waals surface area (Å²) < 4.78 is 12.4. The van der Waals surface area contributed by atoms with Gasteiger partial charge in [-0.15, -0.1) is 11.3 Å². The first-order chi connectivity index (χ1) is 12.8. The second kappa shape index (κ2) is 8.68. The predicted molar refractivity (Wildman–Crippen MR) is 106 cm³/mol. The summed E-state index contributed by atoms with van der Waals surface area (Å²) in [7, 11) is 0. The van der Waals surface area contributed by atoms with E-state index in [1.54, 1.807) is 11.3 Å². The number of thiazole rings is 1. The molecular weight excluding hydrogens is 344 g/mol. The van der Waals surface area contributed by atoms with Gasteiger partial charge in [-0.25, -0.2) is 4.98 Å². The highest BCUT2D eigenvalue weighted by molar-refractivity contribution is 7.09. The van der Waals surface area contributed by atoms with Crippen molar-refractivity contribution in [3.8, 4) is 0 Å². The fourth-order valence-electron chi connectivity index (χ4n) is 5.17. The van der Waals surface area contributed by atoms with Crippen LogP contribution in [0.5, 0.6) is 0 Å². The molecule has 3 heterocycles. The van der Waals surface area contributed by atoms with Gasteiger partial charge in [0.1, 0.15) is 0 Å². The molecule has 4 nitrogen and oxygen atoms in total. The van der Waals surface area contributed by atoms with Crippen molar-refractivity contribution < 1.29 is 9.47 Å². The zero-order valence-electron chi connectivity index (χ0n) is 16.3. The molecule has 5 heteroatoms. The molecule has 1 atom stereocenters. The molecule has 4 rings (SSSR count). The van der Waals surface area contributed by atoms with E-state index in [9.17, 15) is 0 Å². The molecule has 3 fully saturated rings. The Morgan fingerprint density at radius 3 is 2.81 bits per heavy atom. The van der Waals surface area contributed by atoms with Crippen LogP contribution in [0.3, 0.4) is 0 Å². The van der Waals surface area contributed by atoms with Crippen LogP contribution < -0.4 is 0 Å². The Hall–Kier alpha value is -0.490. The molecule has 26 heavy (non-hydrogen) atoms. The van der Waals surface area contributed by atoms with E-state index in [1.165, 1.54) is 61.9 Å². The first kappa shape index (κ1) is 18.9. The summed E-state index contributed by atoms with van der Waals surface area (Å²) in [5.41, 5.74) is 3.30. The van der Waals surface area contributed by atoms with Crippen LogP contribution in [-0.2, 0) is 16.0 Å². The van der Waals surface area contributed by atoms with E-state index in [0.717, 1.165) is 45.4 Å². The molecule has 2 saturated heterocycles. The van der Waals surface area contributed by atoms with E-state index >= 15 is 0 Å². The average molecular weight is 379 g/mol. The van der Waals surface area contributed by atoms with Crippen molar-refractivity contribution in [2.75, 3.05) is 32.9 Å². The second-order valence-corrected chi connectivity index (χ2v) is 9.49. The highest BCUT2D eigenvalue weighted by atomic mass is 32.1. The minimum absolute atomic E-state index is 0.135. The summed E-state index contributed by atoms with van der Waals surface area (Å²) in [6, 6.07) is 0. The van der Waals surface area contributed by atoms with Gasteiger partial charge in [0.2, 0.25) is 0 Å². The normalized spacial score (nSPS) is 26.9. The summed E-state index contributed by atoms with van der Waals surface area (Å²) in [6.07, 6.45) is 10.3. The summed E-state index contributed by atoms with van der Waals surface area (Å²) in [6.45, 7) is 8.34. The molecule has 0 aromatic carbocycles. The minimum Gasteiger partial charge on any atom is -0.381 e. The topological polar surface area (TPSA) is 34.6 Å². The third-order valence-corrected chi connectivity index (χ3v) is 7.87. The molecule has 1 spiro atoms. The number of piperidine rings is 1. The first-order valence-electron chi connectivity index (χ1n) is 10.6. The molecule has 2 aliphatic heterocycles. The Morgan fingerprint density at radius 2 is 2.08 bits per heavy atom. The van der Waals surface area contributed by atoms with E-state index in [2.05, 4.69) is 16.8 Å². The fourth-order valence-corrected chi connectivity index (χ4v) is 5.99. The van der Waals surface area contributed by atoms with Crippen LogP contribution in [0.15, 0.2) is 5.51 Å². The zero-order valence-corrected chi connectivity index (χ0v) is 17.1. The van der Waals surface area contributed by atoms with Crippen LogP contribution in [0.2, 0.25) is 0 Å². The van der Waals surface area contributed by atoms with Gasteiger partial charge in [-0.2, -0.15) is 0 Å². The lowest BCUT2D eigenvalue weighted by atomic mass is 9.78. The number of rotatable bonds is 7. The van der Waals surface area contributed by atoms with Crippen molar-refractivity contribution in [1.29, 1.82) is 0 Å². The van der Waals surface area contributed by atoms with Crippen LogP contribution in [0.1, 0.15) is 61.9 Å². The largest absolute Gasteiger partial charge is 0.381 e. The van der Waals surface area contributed by atoms with Gasteiger partial charge in [-0.05, 0) is 57.3 Å². The number of likely N-dealkylation sites (tertiary alicyclic amines) is 1. The van der Waals surface area contributed by atoms with Crippen LogP contribution >= 0.6 is 11.3 Å². The van der Waals surface area contributed by atoms with Crippen molar-refractivity contribution in [3.05, 3.63) is 16.1 Å². The molecule has 146 valence electrons. The number of hydrogen-bond donors (Lipinski definition) is 0. The maximum Gasteiger partial charge on any atom is 0.0798 e. The van der Waals surface area contributed by atoms with Crippen LogP contribution in [0.4, 0.5) is 0 Å². The van der Waals surface area contributed by atoms with Gasteiger partial charge in [0.15, 0.2) is 0 Å². The summed E-state index contributed by atoms with van der Waals surface area (Å²) in [5.74, 6) is 1.53. The summed E-state index contributed by atoms with van der Waals surface area (Å²) >= 11 is 1.79. The standard InChI is InChI=1S/C21H34N2O2S/c1-17-20(26-16-22-17)14-23-10-8-21(9-11-23)19(7-13-25-21)6-12-24-15-18-4-2-3-5-18/h16,18-19H,2-15H2,1H3/t19-/m1/s1. The Kier molecular flexibility index (Phi) is 6.29.